The number of thioether (sulfide) groups is 1. The van der Waals surface area contributed by atoms with Gasteiger partial charge in [0.05, 0.1) is 15.6 Å². The highest BCUT2D eigenvalue weighted by Crippen LogP contribution is 2.32. The minimum atomic E-state index is -0.522. The predicted octanol–water partition coefficient (Wildman–Crippen LogP) is 5.39. The number of ether oxygens (including phenoxy) is 1. The fourth-order valence-electron chi connectivity index (χ4n) is 1.85. The second kappa shape index (κ2) is 8.10. The van der Waals surface area contributed by atoms with Crippen LogP contribution in [0.1, 0.15) is 0 Å². The molecule has 0 bridgehead atoms. The van der Waals surface area contributed by atoms with E-state index in [0.717, 1.165) is 11.8 Å². The summed E-state index contributed by atoms with van der Waals surface area (Å²) >= 11 is 19.0. The number of carbonyl (C=O) groups is 1. The molecule has 0 amide bonds. The maximum atomic E-state index is 11.9. The largest absolute Gasteiger partial charge is 0.424 e. The lowest BCUT2D eigenvalue weighted by atomic mass is 10.2. The molecule has 0 spiro atoms. The van der Waals surface area contributed by atoms with Crippen LogP contribution >= 0.6 is 46.6 Å². The lowest BCUT2D eigenvalue weighted by molar-refractivity contribution is -0.131. The Morgan fingerprint density at radius 1 is 1.04 bits per heavy atom. The van der Waals surface area contributed by atoms with E-state index in [0.29, 0.717) is 15.6 Å². The molecular weight excluding hydrogens is 407 g/mol. The van der Waals surface area contributed by atoms with Crippen molar-refractivity contribution in [3.8, 4) is 17.2 Å². The first-order valence-corrected chi connectivity index (χ1v) is 9.02. The molecule has 0 unspecified atom stereocenters. The lowest BCUT2D eigenvalue weighted by Crippen LogP contribution is -2.11. The number of carbonyl (C=O) groups excluding carboxylic acids is 1. The van der Waals surface area contributed by atoms with E-state index in [4.69, 9.17) is 44.0 Å². The molecule has 25 heavy (non-hydrogen) atoms. The summed E-state index contributed by atoms with van der Waals surface area (Å²) < 4.78 is 10.7. The normalized spacial score (nSPS) is 10.7. The van der Waals surface area contributed by atoms with Crippen molar-refractivity contribution in [2.45, 2.75) is 5.22 Å². The number of esters is 1. The number of hydrogen-bond donors (Lipinski definition) is 0. The van der Waals surface area contributed by atoms with Crippen LogP contribution in [0.5, 0.6) is 5.75 Å². The van der Waals surface area contributed by atoms with Crippen LogP contribution in [0.3, 0.4) is 0 Å². The van der Waals surface area contributed by atoms with Gasteiger partial charge < -0.3 is 9.15 Å². The van der Waals surface area contributed by atoms with Gasteiger partial charge in [0.25, 0.3) is 5.22 Å². The summed E-state index contributed by atoms with van der Waals surface area (Å²) in [6.07, 6.45) is 0. The van der Waals surface area contributed by atoms with Crippen LogP contribution in [0.4, 0.5) is 0 Å². The maximum absolute atomic E-state index is 11.9. The third-order valence-corrected chi connectivity index (χ3v) is 4.89. The first-order chi connectivity index (χ1) is 12.0. The molecule has 0 aliphatic heterocycles. The molecule has 0 saturated carbocycles. The highest BCUT2D eigenvalue weighted by Gasteiger charge is 2.15. The van der Waals surface area contributed by atoms with Gasteiger partial charge in [0.15, 0.2) is 5.75 Å². The van der Waals surface area contributed by atoms with Gasteiger partial charge in [-0.15, -0.1) is 10.2 Å². The summed E-state index contributed by atoms with van der Waals surface area (Å²) in [5.41, 5.74) is 0.622. The molecule has 9 heteroatoms. The van der Waals surface area contributed by atoms with E-state index in [2.05, 4.69) is 10.2 Å². The second-order valence-electron chi connectivity index (χ2n) is 4.67. The third-order valence-electron chi connectivity index (χ3n) is 2.96. The topological polar surface area (TPSA) is 65.2 Å². The van der Waals surface area contributed by atoms with Crippen molar-refractivity contribution in [3.05, 3.63) is 57.5 Å². The molecule has 0 atom stereocenters. The van der Waals surface area contributed by atoms with E-state index in [1.54, 1.807) is 36.4 Å². The Balaban J connectivity index is 1.62. The second-order valence-corrected chi connectivity index (χ2v) is 6.79. The molecule has 1 aromatic heterocycles. The van der Waals surface area contributed by atoms with Crippen molar-refractivity contribution in [2.24, 2.45) is 0 Å². The van der Waals surface area contributed by atoms with E-state index in [1.807, 2.05) is 6.07 Å². The SMILES string of the molecule is O=C(CSc1nnc(-c2ccccc2Cl)o1)Oc1cccc(Cl)c1Cl. The van der Waals surface area contributed by atoms with Crippen LogP contribution in [0.2, 0.25) is 15.1 Å². The van der Waals surface area contributed by atoms with Crippen molar-refractivity contribution in [1.82, 2.24) is 10.2 Å². The average molecular weight is 416 g/mol. The zero-order valence-corrected chi connectivity index (χ0v) is 15.5. The summed E-state index contributed by atoms with van der Waals surface area (Å²) in [5, 5.41) is 9.01. The molecule has 128 valence electrons. The van der Waals surface area contributed by atoms with Crippen LogP contribution in [0.25, 0.3) is 11.5 Å². The number of rotatable bonds is 5. The van der Waals surface area contributed by atoms with Gasteiger partial charge in [-0.25, -0.2) is 0 Å². The van der Waals surface area contributed by atoms with E-state index in [-0.39, 0.29) is 27.6 Å². The van der Waals surface area contributed by atoms with Crippen molar-refractivity contribution >= 4 is 52.5 Å². The first-order valence-electron chi connectivity index (χ1n) is 6.90. The predicted molar refractivity (Wildman–Crippen MR) is 97.6 cm³/mol. The van der Waals surface area contributed by atoms with Gasteiger partial charge in [-0.05, 0) is 24.3 Å². The molecule has 1 heterocycles. The Hall–Kier alpha value is -1.73. The molecule has 0 radical (unpaired) electrons. The van der Waals surface area contributed by atoms with Gasteiger partial charge in [-0.1, -0.05) is 64.8 Å². The number of hydrogen-bond acceptors (Lipinski definition) is 6. The summed E-state index contributed by atoms with van der Waals surface area (Å²) in [5.74, 6) is -0.0828. The summed E-state index contributed by atoms with van der Waals surface area (Å²) in [6.45, 7) is 0. The molecule has 0 aliphatic rings. The molecular formula is C16H9Cl3N2O3S. The summed E-state index contributed by atoms with van der Waals surface area (Å²) in [7, 11) is 0. The van der Waals surface area contributed by atoms with Crippen molar-refractivity contribution in [3.63, 3.8) is 0 Å². The quantitative estimate of drug-likeness (QED) is 0.316. The van der Waals surface area contributed by atoms with E-state index < -0.39 is 5.97 Å². The van der Waals surface area contributed by atoms with Crippen molar-refractivity contribution in [1.29, 1.82) is 0 Å². The molecule has 0 N–H and O–H groups in total. The van der Waals surface area contributed by atoms with Gasteiger partial charge in [0.2, 0.25) is 5.89 Å². The highest BCUT2D eigenvalue weighted by molar-refractivity contribution is 7.99. The fourth-order valence-corrected chi connectivity index (χ4v) is 2.93. The highest BCUT2D eigenvalue weighted by atomic mass is 35.5. The maximum Gasteiger partial charge on any atom is 0.321 e. The summed E-state index contributed by atoms with van der Waals surface area (Å²) in [6, 6.07) is 11.9. The zero-order valence-electron chi connectivity index (χ0n) is 12.4. The molecule has 0 fully saturated rings. The first kappa shape index (κ1) is 18.1. The number of halogens is 3. The fraction of sp³-hybridized carbons (Fsp3) is 0.0625. The number of aromatic nitrogens is 2. The minimum absolute atomic E-state index is 0.0347. The number of benzene rings is 2. The Labute approximate surface area is 162 Å². The van der Waals surface area contributed by atoms with E-state index in [1.165, 1.54) is 0 Å². The molecule has 0 aliphatic carbocycles. The molecule has 2 aromatic carbocycles. The Morgan fingerprint density at radius 3 is 2.60 bits per heavy atom. The van der Waals surface area contributed by atoms with Crippen LogP contribution in [-0.4, -0.2) is 21.9 Å². The van der Waals surface area contributed by atoms with Crippen LogP contribution in [0.15, 0.2) is 52.1 Å². The van der Waals surface area contributed by atoms with Crippen LogP contribution in [-0.2, 0) is 4.79 Å². The zero-order chi connectivity index (χ0) is 17.8. The van der Waals surface area contributed by atoms with Crippen molar-refractivity contribution < 1.29 is 13.9 Å². The smallest absolute Gasteiger partial charge is 0.321 e. The van der Waals surface area contributed by atoms with Gasteiger partial charge in [-0.2, -0.15) is 0 Å². The van der Waals surface area contributed by atoms with Gasteiger partial charge >= 0.3 is 5.97 Å². The molecule has 3 aromatic rings. The molecule has 5 nitrogen and oxygen atoms in total. The third kappa shape index (κ3) is 4.46. The molecule has 0 saturated heterocycles. The Morgan fingerprint density at radius 2 is 1.80 bits per heavy atom. The Bertz CT molecular complexity index is 917. The van der Waals surface area contributed by atoms with Crippen LogP contribution < -0.4 is 4.74 Å². The van der Waals surface area contributed by atoms with Crippen LogP contribution in [0, 0.1) is 0 Å². The number of nitrogens with zero attached hydrogens (tertiary/aromatic N) is 2. The van der Waals surface area contributed by atoms with E-state index in [9.17, 15) is 4.79 Å². The van der Waals surface area contributed by atoms with Gasteiger partial charge in [-0.3, -0.25) is 4.79 Å². The summed E-state index contributed by atoms with van der Waals surface area (Å²) in [4.78, 5) is 11.9. The lowest BCUT2D eigenvalue weighted by Gasteiger charge is -2.05. The standard InChI is InChI=1S/C16H9Cl3N2O3S/c17-10-5-2-1-4-9(10)15-20-21-16(24-15)25-8-13(22)23-12-7-3-6-11(18)14(12)19/h1-7H,8H2. The molecule has 3 rings (SSSR count). The monoisotopic (exact) mass is 414 g/mol. The van der Waals surface area contributed by atoms with Gasteiger partial charge in [0, 0.05) is 0 Å². The Kier molecular flexibility index (Phi) is 5.86. The van der Waals surface area contributed by atoms with E-state index >= 15 is 0 Å². The van der Waals surface area contributed by atoms with Gasteiger partial charge in [0.1, 0.15) is 10.8 Å². The minimum Gasteiger partial charge on any atom is -0.424 e. The average Bonchev–Trinajstić information content (AvgIpc) is 3.06. The van der Waals surface area contributed by atoms with Crippen molar-refractivity contribution in [2.75, 3.05) is 5.75 Å².